The predicted molar refractivity (Wildman–Crippen MR) is 124 cm³/mol. The zero-order valence-corrected chi connectivity index (χ0v) is 18.0. The van der Waals surface area contributed by atoms with E-state index in [1.54, 1.807) is 18.5 Å². The van der Waals surface area contributed by atoms with Crippen molar-refractivity contribution in [1.82, 2.24) is 19.7 Å². The van der Waals surface area contributed by atoms with E-state index in [2.05, 4.69) is 20.5 Å². The standard InChI is InChI=1S/C23H22N6OS/c1-15-10-11-18(24)13-20(15)26-22(30)16(2)31-23-28-27-21(17-7-6-12-25-14-17)29(23)19-8-4-3-5-9-19/h3-14,16H,24H2,1-2H3,(H,26,30)/t16-/m0/s1. The summed E-state index contributed by atoms with van der Waals surface area (Å²) < 4.78 is 1.94. The number of amides is 1. The average Bonchev–Trinajstić information content (AvgIpc) is 3.21. The summed E-state index contributed by atoms with van der Waals surface area (Å²) >= 11 is 1.34. The number of nitrogens with zero attached hydrogens (tertiary/aromatic N) is 4. The molecule has 1 atom stereocenters. The third-order valence-electron chi connectivity index (χ3n) is 4.74. The highest BCUT2D eigenvalue weighted by Crippen LogP contribution is 2.30. The van der Waals surface area contributed by atoms with Crippen LogP contribution < -0.4 is 11.1 Å². The molecular weight excluding hydrogens is 408 g/mol. The number of carbonyl (C=O) groups excluding carboxylic acids is 1. The number of nitrogen functional groups attached to an aromatic ring is 1. The van der Waals surface area contributed by atoms with Crippen LogP contribution in [0.1, 0.15) is 12.5 Å². The van der Waals surface area contributed by atoms with Gasteiger partial charge in [0.1, 0.15) is 0 Å². The molecule has 0 radical (unpaired) electrons. The molecule has 8 heteroatoms. The molecule has 0 aliphatic rings. The molecule has 4 aromatic rings. The first-order chi connectivity index (χ1) is 15.0. The predicted octanol–water partition coefficient (Wildman–Crippen LogP) is 4.34. The number of para-hydroxylation sites is 1. The molecule has 0 saturated heterocycles. The number of thioether (sulfide) groups is 1. The number of benzene rings is 2. The smallest absolute Gasteiger partial charge is 0.237 e. The van der Waals surface area contributed by atoms with Gasteiger partial charge in [-0.3, -0.25) is 14.3 Å². The van der Waals surface area contributed by atoms with E-state index < -0.39 is 5.25 Å². The van der Waals surface area contributed by atoms with Gasteiger partial charge in [0.15, 0.2) is 11.0 Å². The molecule has 156 valence electrons. The second-order valence-corrected chi connectivity index (χ2v) is 8.35. The van der Waals surface area contributed by atoms with Crippen LogP contribution in [-0.4, -0.2) is 30.9 Å². The zero-order chi connectivity index (χ0) is 21.8. The molecule has 3 N–H and O–H groups in total. The zero-order valence-electron chi connectivity index (χ0n) is 17.2. The van der Waals surface area contributed by atoms with Crippen molar-refractivity contribution < 1.29 is 4.79 Å². The molecule has 0 fully saturated rings. The number of anilines is 2. The monoisotopic (exact) mass is 430 g/mol. The number of rotatable bonds is 6. The van der Waals surface area contributed by atoms with Crippen molar-refractivity contribution in [1.29, 1.82) is 0 Å². The van der Waals surface area contributed by atoms with Gasteiger partial charge in [0.25, 0.3) is 0 Å². The molecule has 4 rings (SSSR count). The molecule has 2 heterocycles. The van der Waals surface area contributed by atoms with Crippen LogP contribution in [0, 0.1) is 6.92 Å². The lowest BCUT2D eigenvalue weighted by atomic mass is 10.2. The van der Waals surface area contributed by atoms with Gasteiger partial charge < -0.3 is 11.1 Å². The van der Waals surface area contributed by atoms with E-state index in [1.807, 2.05) is 73.0 Å². The second kappa shape index (κ2) is 9.01. The number of carbonyl (C=O) groups is 1. The molecular formula is C23H22N6OS. The maximum absolute atomic E-state index is 12.9. The van der Waals surface area contributed by atoms with Crippen LogP contribution in [0.4, 0.5) is 11.4 Å². The fourth-order valence-corrected chi connectivity index (χ4v) is 3.93. The van der Waals surface area contributed by atoms with E-state index in [0.717, 1.165) is 16.8 Å². The van der Waals surface area contributed by atoms with Gasteiger partial charge in [0.05, 0.1) is 5.25 Å². The van der Waals surface area contributed by atoms with Crippen LogP contribution in [0.2, 0.25) is 0 Å². The van der Waals surface area contributed by atoms with Crippen molar-refractivity contribution in [3.05, 3.63) is 78.6 Å². The van der Waals surface area contributed by atoms with E-state index in [9.17, 15) is 4.79 Å². The molecule has 0 unspecified atom stereocenters. The van der Waals surface area contributed by atoms with Gasteiger partial charge >= 0.3 is 0 Å². The van der Waals surface area contributed by atoms with Gasteiger partial charge in [0.2, 0.25) is 5.91 Å². The maximum atomic E-state index is 12.9. The molecule has 0 aliphatic carbocycles. The maximum Gasteiger partial charge on any atom is 0.237 e. The lowest BCUT2D eigenvalue weighted by molar-refractivity contribution is -0.115. The Kier molecular flexibility index (Phi) is 5.99. The van der Waals surface area contributed by atoms with Crippen molar-refractivity contribution in [3.8, 4) is 17.1 Å². The van der Waals surface area contributed by atoms with Gasteiger partial charge in [-0.25, -0.2) is 0 Å². The van der Waals surface area contributed by atoms with E-state index in [1.165, 1.54) is 11.8 Å². The number of nitrogens with two attached hydrogens (primary N) is 1. The Hall–Kier alpha value is -3.65. The molecule has 2 aromatic carbocycles. The van der Waals surface area contributed by atoms with Crippen LogP contribution in [-0.2, 0) is 4.79 Å². The summed E-state index contributed by atoms with van der Waals surface area (Å²) in [5.74, 6) is 0.533. The normalized spacial score (nSPS) is 11.8. The summed E-state index contributed by atoms with van der Waals surface area (Å²) in [6.07, 6.45) is 3.46. The minimum absolute atomic E-state index is 0.135. The van der Waals surface area contributed by atoms with Crippen LogP contribution in [0.15, 0.2) is 78.2 Å². The van der Waals surface area contributed by atoms with Crippen molar-refractivity contribution in [2.75, 3.05) is 11.1 Å². The minimum atomic E-state index is -0.408. The number of hydrogen-bond acceptors (Lipinski definition) is 6. The second-order valence-electron chi connectivity index (χ2n) is 7.04. The number of aromatic nitrogens is 4. The number of aryl methyl sites for hydroxylation is 1. The highest BCUT2D eigenvalue weighted by atomic mass is 32.2. The minimum Gasteiger partial charge on any atom is -0.399 e. The van der Waals surface area contributed by atoms with Crippen molar-refractivity contribution >= 4 is 29.0 Å². The highest BCUT2D eigenvalue weighted by Gasteiger charge is 2.22. The largest absolute Gasteiger partial charge is 0.399 e. The molecule has 7 nitrogen and oxygen atoms in total. The Morgan fingerprint density at radius 2 is 1.90 bits per heavy atom. The number of hydrogen-bond donors (Lipinski definition) is 2. The van der Waals surface area contributed by atoms with Crippen LogP contribution in [0.25, 0.3) is 17.1 Å². The van der Waals surface area contributed by atoms with Crippen LogP contribution in [0.3, 0.4) is 0 Å². The van der Waals surface area contributed by atoms with Crippen LogP contribution >= 0.6 is 11.8 Å². The topological polar surface area (TPSA) is 98.7 Å². The SMILES string of the molecule is Cc1ccc(N)cc1NC(=O)[C@H](C)Sc1nnc(-c2cccnc2)n1-c1ccccc1. The fraction of sp³-hybridized carbons (Fsp3) is 0.130. The summed E-state index contributed by atoms with van der Waals surface area (Å²) in [6.45, 7) is 3.77. The molecule has 1 amide bonds. The first-order valence-electron chi connectivity index (χ1n) is 9.78. The number of pyridine rings is 1. The lowest BCUT2D eigenvalue weighted by Gasteiger charge is -2.15. The molecule has 0 saturated carbocycles. The Bertz CT molecular complexity index is 1190. The number of nitrogens with one attached hydrogen (secondary N) is 1. The fourth-order valence-electron chi connectivity index (χ4n) is 3.06. The van der Waals surface area contributed by atoms with E-state index in [0.29, 0.717) is 22.4 Å². The van der Waals surface area contributed by atoms with Gasteiger partial charge in [-0.2, -0.15) is 0 Å². The Morgan fingerprint density at radius 3 is 2.65 bits per heavy atom. The van der Waals surface area contributed by atoms with Gasteiger partial charge in [-0.05, 0) is 55.8 Å². The van der Waals surface area contributed by atoms with Crippen molar-refractivity contribution in [2.45, 2.75) is 24.3 Å². The third kappa shape index (κ3) is 4.59. The molecule has 2 aromatic heterocycles. The summed E-state index contributed by atoms with van der Waals surface area (Å²) in [7, 11) is 0. The third-order valence-corrected chi connectivity index (χ3v) is 5.78. The van der Waals surface area contributed by atoms with E-state index >= 15 is 0 Å². The first kappa shape index (κ1) is 20.6. The summed E-state index contributed by atoms with van der Waals surface area (Å²) in [5.41, 5.74) is 9.88. The van der Waals surface area contributed by atoms with E-state index in [-0.39, 0.29) is 5.91 Å². The Balaban J connectivity index is 1.63. The first-order valence-corrected chi connectivity index (χ1v) is 10.7. The molecule has 0 spiro atoms. The summed E-state index contributed by atoms with van der Waals surface area (Å²) in [4.78, 5) is 17.1. The average molecular weight is 431 g/mol. The highest BCUT2D eigenvalue weighted by molar-refractivity contribution is 8.00. The molecule has 0 aliphatic heterocycles. The van der Waals surface area contributed by atoms with Crippen LogP contribution in [0.5, 0.6) is 0 Å². The molecule has 31 heavy (non-hydrogen) atoms. The van der Waals surface area contributed by atoms with Crippen molar-refractivity contribution in [2.24, 2.45) is 0 Å². The van der Waals surface area contributed by atoms with E-state index in [4.69, 9.17) is 5.73 Å². The van der Waals surface area contributed by atoms with Gasteiger partial charge in [-0.1, -0.05) is 36.0 Å². The lowest BCUT2D eigenvalue weighted by Crippen LogP contribution is -2.23. The van der Waals surface area contributed by atoms with Crippen molar-refractivity contribution in [3.63, 3.8) is 0 Å². The Morgan fingerprint density at radius 1 is 1.10 bits per heavy atom. The van der Waals surface area contributed by atoms with Gasteiger partial charge in [0, 0.05) is 35.0 Å². The summed E-state index contributed by atoms with van der Waals surface area (Å²) in [6, 6.07) is 19.1. The van der Waals surface area contributed by atoms with Gasteiger partial charge in [-0.15, -0.1) is 10.2 Å². The summed E-state index contributed by atoms with van der Waals surface area (Å²) in [5, 5.41) is 11.9. The quantitative estimate of drug-likeness (QED) is 0.349. The molecule has 0 bridgehead atoms. The Labute approximate surface area is 184 Å².